The van der Waals surface area contributed by atoms with Crippen LogP contribution < -0.4 is 10.2 Å². The van der Waals surface area contributed by atoms with Crippen molar-refractivity contribution in [2.24, 2.45) is 0 Å². The maximum Gasteiger partial charge on any atom is 0.417 e. The lowest BCUT2D eigenvalue weighted by Crippen LogP contribution is -2.27. The summed E-state index contributed by atoms with van der Waals surface area (Å²) < 4.78 is 39.8. The van der Waals surface area contributed by atoms with Crippen LogP contribution in [-0.2, 0) is 6.18 Å². The Bertz CT molecular complexity index is 584. The van der Waals surface area contributed by atoms with Crippen LogP contribution in [0, 0.1) is 0 Å². The van der Waals surface area contributed by atoms with E-state index in [1.165, 1.54) is 11.8 Å². The van der Waals surface area contributed by atoms with E-state index in [-0.39, 0.29) is 12.4 Å². The Kier molecular flexibility index (Phi) is 5.92. The molecular weight excluding hydrogens is 327 g/mol. The van der Waals surface area contributed by atoms with E-state index >= 15 is 0 Å². The first kappa shape index (κ1) is 17.7. The zero-order chi connectivity index (χ0) is 16.9. The van der Waals surface area contributed by atoms with Crippen LogP contribution in [0.3, 0.4) is 0 Å². The number of alkyl halides is 3. The summed E-state index contributed by atoms with van der Waals surface area (Å²) in [7, 11) is 0. The minimum Gasteiger partial charge on any atom is -0.357 e. The van der Waals surface area contributed by atoms with Gasteiger partial charge in [0, 0.05) is 25.8 Å². The number of carbonyl (C=O) groups is 1. The number of amides is 1. The number of aromatic nitrogens is 1. The monoisotopic (exact) mass is 345 g/mol. The van der Waals surface area contributed by atoms with E-state index in [9.17, 15) is 18.0 Å². The maximum absolute atomic E-state index is 13.3. The minimum absolute atomic E-state index is 0.171. The average molecular weight is 345 g/mol. The summed E-state index contributed by atoms with van der Waals surface area (Å²) in [6.45, 7) is 1.55. The number of hydrogen-bond acceptors (Lipinski definition) is 4. The number of carbonyl (C=O) groups excluding carboxylic acids is 1. The first-order chi connectivity index (χ1) is 10.9. The highest BCUT2D eigenvalue weighted by Crippen LogP contribution is 2.34. The number of thioether (sulfide) groups is 1. The summed E-state index contributed by atoms with van der Waals surface area (Å²) in [6, 6.07) is 0.970. The fourth-order valence-electron chi connectivity index (χ4n) is 2.37. The first-order valence-electron chi connectivity index (χ1n) is 7.21. The molecule has 0 aromatic carbocycles. The van der Waals surface area contributed by atoms with Gasteiger partial charge in [-0.25, -0.2) is 4.98 Å². The third kappa shape index (κ3) is 4.63. The van der Waals surface area contributed by atoms with Crippen molar-refractivity contribution in [3.8, 4) is 0 Å². The van der Waals surface area contributed by atoms with Crippen LogP contribution in [0.15, 0.2) is 23.7 Å². The van der Waals surface area contributed by atoms with Crippen LogP contribution >= 0.6 is 11.8 Å². The standard InChI is InChI=1S/C15H18F3N3OS/c1-23-8-4-5-19-14(22)11-10-20-13(21-6-2-3-7-21)9-12(11)15(16,17)18/h4,8-10H,2-3,5-7H2,1H3,(H,19,22)/b8-4+. The van der Waals surface area contributed by atoms with Gasteiger partial charge in [-0.3, -0.25) is 4.79 Å². The summed E-state index contributed by atoms with van der Waals surface area (Å²) in [5.74, 6) is -0.503. The molecule has 0 spiro atoms. The van der Waals surface area contributed by atoms with Gasteiger partial charge in [-0.05, 0) is 30.6 Å². The van der Waals surface area contributed by atoms with Crippen LogP contribution in [-0.4, -0.2) is 36.8 Å². The molecule has 1 aromatic rings. The van der Waals surface area contributed by atoms with E-state index in [0.717, 1.165) is 25.1 Å². The Hall–Kier alpha value is -1.70. The van der Waals surface area contributed by atoms with Crippen molar-refractivity contribution >= 4 is 23.5 Å². The first-order valence-corrected chi connectivity index (χ1v) is 8.50. The highest BCUT2D eigenvalue weighted by atomic mass is 32.2. The molecule has 0 radical (unpaired) electrons. The third-order valence-electron chi connectivity index (χ3n) is 3.48. The molecule has 1 aliphatic heterocycles. The van der Waals surface area contributed by atoms with Crippen LogP contribution in [0.5, 0.6) is 0 Å². The lowest BCUT2D eigenvalue weighted by molar-refractivity contribution is -0.138. The number of nitrogens with one attached hydrogen (secondary N) is 1. The molecule has 1 fully saturated rings. The van der Waals surface area contributed by atoms with Gasteiger partial charge < -0.3 is 10.2 Å². The van der Waals surface area contributed by atoms with Crippen LogP contribution in [0.2, 0.25) is 0 Å². The van der Waals surface area contributed by atoms with E-state index in [4.69, 9.17) is 0 Å². The predicted octanol–water partition coefficient (Wildman–Crippen LogP) is 3.31. The van der Waals surface area contributed by atoms with Gasteiger partial charge >= 0.3 is 6.18 Å². The Morgan fingerprint density at radius 3 is 2.74 bits per heavy atom. The molecule has 8 heteroatoms. The molecular formula is C15H18F3N3OS. The summed E-state index contributed by atoms with van der Waals surface area (Å²) >= 11 is 1.44. The van der Waals surface area contributed by atoms with Crippen LogP contribution in [0.25, 0.3) is 0 Å². The number of rotatable bonds is 5. The molecule has 1 N–H and O–H groups in total. The second-order valence-electron chi connectivity index (χ2n) is 5.10. The quantitative estimate of drug-likeness (QED) is 0.889. The van der Waals surface area contributed by atoms with Gasteiger partial charge in [0.05, 0.1) is 11.1 Å². The van der Waals surface area contributed by atoms with E-state index < -0.39 is 23.2 Å². The second-order valence-corrected chi connectivity index (χ2v) is 5.84. The van der Waals surface area contributed by atoms with E-state index in [0.29, 0.717) is 13.1 Å². The minimum atomic E-state index is -4.60. The van der Waals surface area contributed by atoms with Crippen molar-refractivity contribution in [2.45, 2.75) is 19.0 Å². The smallest absolute Gasteiger partial charge is 0.357 e. The van der Waals surface area contributed by atoms with Crippen molar-refractivity contribution < 1.29 is 18.0 Å². The van der Waals surface area contributed by atoms with Gasteiger partial charge in [-0.2, -0.15) is 13.2 Å². The lowest BCUT2D eigenvalue weighted by atomic mass is 10.1. The molecule has 1 aliphatic rings. The molecule has 0 saturated carbocycles. The predicted molar refractivity (Wildman–Crippen MR) is 85.7 cm³/mol. The third-order valence-corrected chi connectivity index (χ3v) is 3.95. The fourth-order valence-corrected chi connectivity index (χ4v) is 2.66. The normalized spacial score (nSPS) is 15.4. The highest BCUT2D eigenvalue weighted by molar-refractivity contribution is 8.01. The van der Waals surface area contributed by atoms with Crippen molar-refractivity contribution in [1.82, 2.24) is 10.3 Å². The summed E-state index contributed by atoms with van der Waals surface area (Å²) in [5.41, 5.74) is -1.39. The van der Waals surface area contributed by atoms with Crippen molar-refractivity contribution in [3.63, 3.8) is 0 Å². The number of halogens is 3. The molecule has 1 amide bonds. The van der Waals surface area contributed by atoms with Gasteiger partial charge in [0.2, 0.25) is 0 Å². The Morgan fingerprint density at radius 1 is 1.43 bits per heavy atom. The molecule has 2 heterocycles. The summed E-state index contributed by atoms with van der Waals surface area (Å²) in [5, 5.41) is 4.19. The van der Waals surface area contributed by atoms with Crippen LogP contribution in [0.4, 0.5) is 19.0 Å². The lowest BCUT2D eigenvalue weighted by Gasteiger charge is -2.19. The van der Waals surface area contributed by atoms with Crippen molar-refractivity contribution in [3.05, 3.63) is 34.9 Å². The topological polar surface area (TPSA) is 45.2 Å². The average Bonchev–Trinajstić information content (AvgIpc) is 3.04. The molecule has 23 heavy (non-hydrogen) atoms. The number of anilines is 1. The van der Waals surface area contributed by atoms with E-state index in [1.807, 2.05) is 6.26 Å². The largest absolute Gasteiger partial charge is 0.417 e. The summed E-state index contributed by atoms with van der Waals surface area (Å²) in [6.07, 6.45) is 1.81. The van der Waals surface area contributed by atoms with Crippen molar-refractivity contribution in [1.29, 1.82) is 0 Å². The Labute approximate surface area is 137 Å². The molecule has 1 aromatic heterocycles. The Morgan fingerprint density at radius 2 is 2.13 bits per heavy atom. The van der Waals surface area contributed by atoms with Crippen LogP contribution in [0.1, 0.15) is 28.8 Å². The van der Waals surface area contributed by atoms with Crippen molar-refractivity contribution in [2.75, 3.05) is 30.8 Å². The molecule has 2 rings (SSSR count). The van der Waals surface area contributed by atoms with Gasteiger partial charge in [0.25, 0.3) is 5.91 Å². The Balaban J connectivity index is 2.24. The number of hydrogen-bond donors (Lipinski definition) is 1. The molecule has 126 valence electrons. The highest BCUT2D eigenvalue weighted by Gasteiger charge is 2.36. The maximum atomic E-state index is 13.3. The van der Waals surface area contributed by atoms with Gasteiger partial charge in [-0.15, -0.1) is 11.8 Å². The number of pyridine rings is 1. The van der Waals surface area contributed by atoms with Gasteiger partial charge in [-0.1, -0.05) is 6.08 Å². The fraction of sp³-hybridized carbons (Fsp3) is 0.467. The molecule has 0 bridgehead atoms. The van der Waals surface area contributed by atoms with E-state index in [1.54, 1.807) is 16.4 Å². The summed E-state index contributed by atoms with van der Waals surface area (Å²) in [4.78, 5) is 17.8. The second kappa shape index (κ2) is 7.72. The molecule has 1 saturated heterocycles. The zero-order valence-corrected chi connectivity index (χ0v) is 13.5. The van der Waals surface area contributed by atoms with E-state index in [2.05, 4.69) is 10.3 Å². The van der Waals surface area contributed by atoms with Gasteiger partial charge in [0.1, 0.15) is 5.82 Å². The molecule has 4 nitrogen and oxygen atoms in total. The molecule has 0 aliphatic carbocycles. The zero-order valence-electron chi connectivity index (χ0n) is 12.7. The SMILES string of the molecule is CS/C=C/CNC(=O)c1cnc(N2CCCC2)cc1C(F)(F)F. The van der Waals surface area contributed by atoms with Gasteiger partial charge in [0.15, 0.2) is 0 Å². The molecule has 0 unspecified atom stereocenters. The molecule has 0 atom stereocenters. The number of nitrogens with zero attached hydrogens (tertiary/aromatic N) is 2.